The molecular formula is C17H25N3O2S2. The van der Waals surface area contributed by atoms with Crippen LogP contribution in [-0.2, 0) is 9.84 Å². The van der Waals surface area contributed by atoms with E-state index >= 15 is 0 Å². The zero-order valence-electron chi connectivity index (χ0n) is 14.2. The predicted molar refractivity (Wildman–Crippen MR) is 101 cm³/mol. The van der Waals surface area contributed by atoms with Gasteiger partial charge in [-0.3, -0.25) is 4.99 Å². The molecule has 0 aliphatic carbocycles. The molecule has 2 unspecified atom stereocenters. The molecule has 3 rings (SSSR count). The summed E-state index contributed by atoms with van der Waals surface area (Å²) in [5, 5.41) is 7.64. The molecule has 7 heteroatoms. The van der Waals surface area contributed by atoms with Crippen LogP contribution in [-0.4, -0.2) is 50.6 Å². The van der Waals surface area contributed by atoms with Crippen molar-refractivity contribution < 1.29 is 8.42 Å². The van der Waals surface area contributed by atoms with Crippen LogP contribution in [0.15, 0.2) is 34.2 Å². The molecule has 0 radical (unpaired) electrons. The number of amidine groups is 1. The van der Waals surface area contributed by atoms with E-state index in [1.165, 1.54) is 24.9 Å². The molecule has 0 bridgehead atoms. The molecule has 0 amide bonds. The SMILES string of the molecule is C[C@H](NC1=NC(c2ccc(S(C)(=O)=O)cc2)CNC1)C1CCCS1. The number of nitrogens with zero attached hydrogens (tertiary/aromatic N) is 1. The molecule has 2 aliphatic heterocycles. The summed E-state index contributed by atoms with van der Waals surface area (Å²) in [5.41, 5.74) is 1.04. The fourth-order valence-electron chi connectivity index (χ4n) is 3.18. The maximum Gasteiger partial charge on any atom is 0.175 e. The van der Waals surface area contributed by atoms with Gasteiger partial charge < -0.3 is 10.6 Å². The predicted octanol–water partition coefficient (Wildman–Crippen LogP) is 2.01. The van der Waals surface area contributed by atoms with Gasteiger partial charge in [-0.15, -0.1) is 0 Å². The van der Waals surface area contributed by atoms with Crippen LogP contribution in [0, 0.1) is 0 Å². The molecule has 2 aliphatic rings. The van der Waals surface area contributed by atoms with E-state index in [4.69, 9.17) is 4.99 Å². The summed E-state index contributed by atoms with van der Waals surface area (Å²) in [6, 6.07) is 7.51. The standard InChI is InChI=1S/C17H25N3O2S2/c1-12(16-4-3-9-23-16)19-17-11-18-10-15(20-17)13-5-7-14(8-6-13)24(2,21)22/h5-8,12,15-16,18H,3-4,9-11H2,1-2H3,(H,19,20)/t12-,15?,16?/m0/s1. The average Bonchev–Trinajstić information content (AvgIpc) is 3.09. The molecule has 0 saturated carbocycles. The third-order valence-corrected chi connectivity index (χ3v) is 7.28. The lowest BCUT2D eigenvalue weighted by molar-refractivity contribution is 0.559. The first-order valence-electron chi connectivity index (χ1n) is 8.39. The Bertz CT molecular complexity index is 695. The van der Waals surface area contributed by atoms with E-state index in [1.807, 2.05) is 23.9 Å². The van der Waals surface area contributed by atoms with E-state index in [1.54, 1.807) is 12.1 Å². The van der Waals surface area contributed by atoms with Crippen LogP contribution < -0.4 is 10.6 Å². The number of thioether (sulfide) groups is 1. The Morgan fingerprint density at radius 2 is 2.08 bits per heavy atom. The maximum absolute atomic E-state index is 11.6. The molecule has 3 atom stereocenters. The topological polar surface area (TPSA) is 70.6 Å². The average molecular weight is 368 g/mol. The Hall–Kier alpha value is -1.05. The van der Waals surface area contributed by atoms with Gasteiger partial charge in [0.1, 0.15) is 5.84 Å². The summed E-state index contributed by atoms with van der Waals surface area (Å²) in [6.07, 6.45) is 3.81. The highest BCUT2D eigenvalue weighted by atomic mass is 32.2. The molecule has 1 fully saturated rings. The zero-order chi connectivity index (χ0) is 17.2. The van der Waals surface area contributed by atoms with Crippen LogP contribution >= 0.6 is 11.8 Å². The normalized spacial score (nSPS) is 26.0. The second-order valence-electron chi connectivity index (χ2n) is 6.55. The largest absolute Gasteiger partial charge is 0.369 e. The summed E-state index contributed by atoms with van der Waals surface area (Å²) >= 11 is 2.05. The van der Waals surface area contributed by atoms with Gasteiger partial charge in [-0.25, -0.2) is 8.42 Å². The molecule has 5 nitrogen and oxygen atoms in total. The number of hydrogen-bond acceptors (Lipinski definition) is 6. The Labute approximate surface area is 148 Å². The van der Waals surface area contributed by atoms with E-state index < -0.39 is 9.84 Å². The van der Waals surface area contributed by atoms with E-state index in [9.17, 15) is 8.42 Å². The lowest BCUT2D eigenvalue weighted by atomic mass is 10.1. The van der Waals surface area contributed by atoms with Gasteiger partial charge in [0.2, 0.25) is 0 Å². The van der Waals surface area contributed by atoms with Crippen molar-refractivity contribution >= 4 is 27.4 Å². The van der Waals surface area contributed by atoms with E-state index in [0.29, 0.717) is 16.2 Å². The van der Waals surface area contributed by atoms with E-state index in [-0.39, 0.29) is 6.04 Å². The van der Waals surface area contributed by atoms with Gasteiger partial charge in [0.25, 0.3) is 0 Å². The Morgan fingerprint density at radius 3 is 2.71 bits per heavy atom. The lowest BCUT2D eigenvalue weighted by Crippen LogP contribution is -2.46. The van der Waals surface area contributed by atoms with Crippen molar-refractivity contribution in [1.29, 1.82) is 0 Å². The first-order chi connectivity index (χ1) is 11.4. The Kier molecular flexibility index (Phi) is 5.52. The molecule has 2 N–H and O–H groups in total. The minimum Gasteiger partial charge on any atom is -0.369 e. The van der Waals surface area contributed by atoms with Crippen LogP contribution in [0.5, 0.6) is 0 Å². The third-order valence-electron chi connectivity index (χ3n) is 4.55. The molecule has 1 aromatic carbocycles. The summed E-state index contributed by atoms with van der Waals surface area (Å²) in [7, 11) is -3.15. The highest BCUT2D eigenvalue weighted by Crippen LogP contribution is 2.29. The minimum absolute atomic E-state index is 0.0262. The fourth-order valence-corrected chi connectivity index (χ4v) is 5.13. The molecule has 1 saturated heterocycles. The Morgan fingerprint density at radius 1 is 1.33 bits per heavy atom. The Balaban J connectivity index is 1.69. The van der Waals surface area contributed by atoms with E-state index in [2.05, 4.69) is 17.6 Å². The highest BCUT2D eigenvalue weighted by molar-refractivity contribution is 8.00. The third kappa shape index (κ3) is 4.32. The molecule has 24 heavy (non-hydrogen) atoms. The summed E-state index contributed by atoms with van der Waals surface area (Å²) in [4.78, 5) is 5.19. The first-order valence-corrected chi connectivity index (χ1v) is 11.3. The van der Waals surface area contributed by atoms with Crippen LogP contribution in [0.25, 0.3) is 0 Å². The zero-order valence-corrected chi connectivity index (χ0v) is 15.8. The number of rotatable bonds is 4. The molecule has 0 aromatic heterocycles. The molecule has 2 heterocycles. The van der Waals surface area contributed by atoms with E-state index in [0.717, 1.165) is 24.5 Å². The highest BCUT2D eigenvalue weighted by Gasteiger charge is 2.24. The van der Waals surface area contributed by atoms with Crippen molar-refractivity contribution in [3.05, 3.63) is 29.8 Å². The van der Waals surface area contributed by atoms with Crippen molar-refractivity contribution in [2.75, 3.05) is 25.1 Å². The smallest absolute Gasteiger partial charge is 0.175 e. The van der Waals surface area contributed by atoms with Crippen molar-refractivity contribution in [1.82, 2.24) is 10.6 Å². The number of nitrogens with one attached hydrogen (secondary N) is 2. The molecule has 1 aromatic rings. The number of sulfone groups is 1. The van der Waals surface area contributed by atoms with Gasteiger partial charge in [0.05, 0.1) is 17.5 Å². The van der Waals surface area contributed by atoms with Crippen molar-refractivity contribution in [2.24, 2.45) is 4.99 Å². The number of hydrogen-bond donors (Lipinski definition) is 2. The van der Waals surface area contributed by atoms with Crippen LogP contribution in [0.4, 0.5) is 0 Å². The van der Waals surface area contributed by atoms with Gasteiger partial charge in [0.15, 0.2) is 9.84 Å². The summed E-state index contributed by atoms with van der Waals surface area (Å²) in [5.74, 6) is 2.26. The van der Waals surface area contributed by atoms with Gasteiger partial charge in [0, 0.05) is 24.1 Å². The quantitative estimate of drug-likeness (QED) is 0.852. The van der Waals surface area contributed by atoms with Gasteiger partial charge in [-0.2, -0.15) is 11.8 Å². The van der Waals surface area contributed by atoms with Crippen molar-refractivity contribution in [3.63, 3.8) is 0 Å². The fraction of sp³-hybridized carbons (Fsp3) is 0.588. The number of aliphatic imine (C=N–C) groups is 1. The van der Waals surface area contributed by atoms with Crippen LogP contribution in [0.3, 0.4) is 0 Å². The van der Waals surface area contributed by atoms with Gasteiger partial charge in [-0.1, -0.05) is 12.1 Å². The van der Waals surface area contributed by atoms with Gasteiger partial charge in [-0.05, 0) is 43.2 Å². The monoisotopic (exact) mass is 367 g/mol. The van der Waals surface area contributed by atoms with Crippen molar-refractivity contribution in [2.45, 2.75) is 42.0 Å². The maximum atomic E-state index is 11.6. The van der Waals surface area contributed by atoms with Gasteiger partial charge >= 0.3 is 0 Å². The second-order valence-corrected chi connectivity index (χ2v) is 9.91. The number of benzene rings is 1. The van der Waals surface area contributed by atoms with Crippen LogP contribution in [0.1, 0.15) is 31.4 Å². The summed E-state index contributed by atoms with van der Waals surface area (Å²) in [6.45, 7) is 3.77. The lowest BCUT2D eigenvalue weighted by Gasteiger charge is -2.27. The van der Waals surface area contributed by atoms with Crippen molar-refractivity contribution in [3.8, 4) is 0 Å². The second kappa shape index (κ2) is 7.45. The van der Waals surface area contributed by atoms with Crippen LogP contribution in [0.2, 0.25) is 0 Å². The summed E-state index contributed by atoms with van der Waals surface area (Å²) < 4.78 is 23.1. The molecule has 132 valence electrons. The molecular weight excluding hydrogens is 342 g/mol. The molecule has 0 spiro atoms. The minimum atomic E-state index is -3.15. The first kappa shape index (κ1) is 17.8.